The van der Waals surface area contributed by atoms with Gasteiger partial charge in [-0.2, -0.15) is 5.10 Å². The van der Waals surface area contributed by atoms with E-state index >= 15 is 0 Å². The van der Waals surface area contributed by atoms with Crippen molar-refractivity contribution in [1.82, 2.24) is 39.7 Å². The Morgan fingerprint density at radius 1 is 1.27 bits per heavy atom. The fourth-order valence-corrected chi connectivity index (χ4v) is 3.04. The Labute approximate surface area is 150 Å². The van der Waals surface area contributed by atoms with Crippen LogP contribution in [0.5, 0.6) is 0 Å². The molecule has 3 aromatic rings. The molecule has 0 unspecified atom stereocenters. The quantitative estimate of drug-likeness (QED) is 0.711. The van der Waals surface area contributed by atoms with Crippen molar-refractivity contribution in [1.29, 1.82) is 0 Å². The third-order valence-electron chi connectivity index (χ3n) is 4.57. The fraction of sp³-hybridized carbons (Fsp3) is 0.625. The molecule has 0 bridgehead atoms. The molecular weight excluding hydrogens is 334 g/mol. The lowest BCUT2D eigenvalue weighted by Crippen LogP contribution is -2.25. The molecule has 138 valence electrons. The van der Waals surface area contributed by atoms with E-state index in [1.165, 1.54) is 6.33 Å². The molecule has 10 heteroatoms. The third-order valence-corrected chi connectivity index (χ3v) is 4.57. The maximum absolute atomic E-state index is 9.92. The second-order valence-electron chi connectivity index (χ2n) is 7.73. The zero-order valence-corrected chi connectivity index (χ0v) is 15.5. The number of rotatable bonds is 3. The van der Waals surface area contributed by atoms with E-state index in [0.717, 1.165) is 30.4 Å². The van der Waals surface area contributed by atoms with Crippen LogP contribution in [-0.4, -0.2) is 64.0 Å². The number of hydrogen-bond acceptors (Lipinski definition) is 8. The zero-order valence-electron chi connectivity index (χ0n) is 15.5. The first-order valence-corrected chi connectivity index (χ1v) is 8.70. The molecule has 1 atom stereocenters. The molecular formula is C16H23N9O. The predicted molar refractivity (Wildman–Crippen MR) is 94.8 cm³/mol. The van der Waals surface area contributed by atoms with Crippen LogP contribution in [0.3, 0.4) is 0 Å². The third kappa shape index (κ3) is 2.90. The minimum atomic E-state index is -0.341. The average Bonchev–Trinajstić information content (AvgIpc) is 3.28. The van der Waals surface area contributed by atoms with Crippen molar-refractivity contribution in [3.05, 3.63) is 18.0 Å². The summed E-state index contributed by atoms with van der Waals surface area (Å²) < 4.78 is 3.43. The smallest absolute Gasteiger partial charge is 0.184 e. The van der Waals surface area contributed by atoms with E-state index in [4.69, 9.17) is 9.97 Å². The SMILES string of the molecule is Cn1ncnc1Cn1nnc2c(N3CC[C@H](O)C3)nc(C(C)(C)C)nc21. The van der Waals surface area contributed by atoms with Crippen LogP contribution >= 0.6 is 0 Å². The van der Waals surface area contributed by atoms with Gasteiger partial charge in [0.15, 0.2) is 17.0 Å². The minimum Gasteiger partial charge on any atom is -0.391 e. The Hall–Kier alpha value is -2.62. The molecule has 1 aliphatic heterocycles. The Kier molecular flexibility index (Phi) is 3.87. The van der Waals surface area contributed by atoms with E-state index in [0.29, 0.717) is 24.3 Å². The molecule has 10 nitrogen and oxygen atoms in total. The largest absolute Gasteiger partial charge is 0.391 e. The first-order valence-electron chi connectivity index (χ1n) is 8.70. The van der Waals surface area contributed by atoms with Crippen LogP contribution in [0.4, 0.5) is 5.82 Å². The van der Waals surface area contributed by atoms with Gasteiger partial charge in [-0.3, -0.25) is 4.68 Å². The summed E-state index contributed by atoms with van der Waals surface area (Å²) in [7, 11) is 1.84. The molecule has 26 heavy (non-hydrogen) atoms. The van der Waals surface area contributed by atoms with Crippen LogP contribution in [0.1, 0.15) is 38.8 Å². The molecule has 0 saturated carbocycles. The Balaban J connectivity index is 1.84. The van der Waals surface area contributed by atoms with Gasteiger partial charge in [-0.05, 0) is 6.42 Å². The van der Waals surface area contributed by atoms with Crippen molar-refractivity contribution in [3.63, 3.8) is 0 Å². The van der Waals surface area contributed by atoms with Gasteiger partial charge in [-0.1, -0.05) is 26.0 Å². The van der Waals surface area contributed by atoms with Crippen molar-refractivity contribution in [2.24, 2.45) is 7.05 Å². The lowest BCUT2D eigenvalue weighted by atomic mass is 9.96. The maximum Gasteiger partial charge on any atom is 0.184 e. The fourth-order valence-electron chi connectivity index (χ4n) is 3.04. The van der Waals surface area contributed by atoms with Gasteiger partial charge >= 0.3 is 0 Å². The van der Waals surface area contributed by atoms with Crippen molar-refractivity contribution in [3.8, 4) is 0 Å². The summed E-state index contributed by atoms with van der Waals surface area (Å²) in [5.41, 5.74) is 1.10. The van der Waals surface area contributed by atoms with Crippen LogP contribution in [0.15, 0.2) is 6.33 Å². The molecule has 4 heterocycles. The number of β-amino-alcohol motifs (C(OH)–C–C–N with tert-alkyl or cyclic N) is 1. The number of anilines is 1. The summed E-state index contributed by atoms with van der Waals surface area (Å²) in [5.74, 6) is 2.23. The Morgan fingerprint density at radius 2 is 2.08 bits per heavy atom. The van der Waals surface area contributed by atoms with E-state index in [1.54, 1.807) is 9.36 Å². The van der Waals surface area contributed by atoms with Crippen LogP contribution in [0, 0.1) is 0 Å². The topological polar surface area (TPSA) is 111 Å². The van der Waals surface area contributed by atoms with Gasteiger partial charge < -0.3 is 10.0 Å². The van der Waals surface area contributed by atoms with Gasteiger partial charge in [0, 0.05) is 25.6 Å². The molecule has 0 spiro atoms. The number of aliphatic hydroxyl groups is 1. The first kappa shape index (κ1) is 16.8. The van der Waals surface area contributed by atoms with Crippen molar-refractivity contribution >= 4 is 17.0 Å². The molecule has 0 aromatic carbocycles. The number of aromatic nitrogens is 8. The lowest BCUT2D eigenvalue weighted by Gasteiger charge is -2.21. The summed E-state index contributed by atoms with van der Waals surface area (Å²) in [4.78, 5) is 15.8. The van der Waals surface area contributed by atoms with E-state index in [2.05, 4.69) is 46.1 Å². The highest BCUT2D eigenvalue weighted by Gasteiger charge is 2.28. The van der Waals surface area contributed by atoms with Crippen LogP contribution in [-0.2, 0) is 19.0 Å². The first-order chi connectivity index (χ1) is 12.3. The molecule has 1 fully saturated rings. The molecule has 3 aromatic heterocycles. The second kappa shape index (κ2) is 5.97. The Bertz CT molecular complexity index is 939. The van der Waals surface area contributed by atoms with E-state index in [1.807, 2.05) is 7.05 Å². The van der Waals surface area contributed by atoms with Gasteiger partial charge in [0.2, 0.25) is 0 Å². The van der Waals surface area contributed by atoms with Crippen molar-refractivity contribution < 1.29 is 5.11 Å². The number of aliphatic hydroxyl groups excluding tert-OH is 1. The van der Waals surface area contributed by atoms with Crippen LogP contribution < -0.4 is 4.90 Å². The van der Waals surface area contributed by atoms with Gasteiger partial charge in [0.05, 0.1) is 6.10 Å². The number of aryl methyl sites for hydroxylation is 1. The number of hydrogen-bond donors (Lipinski definition) is 1. The second-order valence-corrected chi connectivity index (χ2v) is 7.73. The van der Waals surface area contributed by atoms with E-state index in [-0.39, 0.29) is 11.5 Å². The summed E-state index contributed by atoms with van der Waals surface area (Å²) >= 11 is 0. The molecule has 4 rings (SSSR count). The highest BCUT2D eigenvalue weighted by Crippen LogP contribution is 2.29. The van der Waals surface area contributed by atoms with Gasteiger partial charge in [0.1, 0.15) is 24.5 Å². The lowest BCUT2D eigenvalue weighted by molar-refractivity contribution is 0.198. The summed E-state index contributed by atoms with van der Waals surface area (Å²) in [5, 5.41) is 22.6. The highest BCUT2D eigenvalue weighted by atomic mass is 16.3. The Morgan fingerprint density at radius 3 is 2.69 bits per heavy atom. The van der Waals surface area contributed by atoms with Crippen molar-refractivity contribution in [2.45, 2.75) is 45.3 Å². The normalized spacial score (nSPS) is 18.2. The standard InChI is InChI=1S/C16H23N9O/c1-16(2,3)15-19-13(24-6-5-10(26)7-24)12-14(20-15)25(22-21-12)8-11-17-9-18-23(11)4/h9-10,26H,5-8H2,1-4H3/t10-/m0/s1. The van der Waals surface area contributed by atoms with Crippen LogP contribution in [0.25, 0.3) is 11.2 Å². The van der Waals surface area contributed by atoms with Gasteiger partial charge in [0.25, 0.3) is 0 Å². The number of fused-ring (bicyclic) bond motifs is 1. The molecule has 1 saturated heterocycles. The molecule has 0 amide bonds. The highest BCUT2D eigenvalue weighted by molar-refractivity contribution is 5.83. The number of nitrogens with zero attached hydrogens (tertiary/aromatic N) is 9. The summed E-state index contributed by atoms with van der Waals surface area (Å²) in [6.45, 7) is 7.95. The minimum absolute atomic E-state index is 0.221. The summed E-state index contributed by atoms with van der Waals surface area (Å²) in [6.07, 6.45) is 1.90. The van der Waals surface area contributed by atoms with E-state index < -0.39 is 0 Å². The monoisotopic (exact) mass is 357 g/mol. The van der Waals surface area contributed by atoms with E-state index in [9.17, 15) is 5.11 Å². The maximum atomic E-state index is 9.92. The molecule has 0 aliphatic carbocycles. The van der Waals surface area contributed by atoms with Gasteiger partial charge in [-0.15, -0.1) is 5.10 Å². The van der Waals surface area contributed by atoms with Crippen molar-refractivity contribution in [2.75, 3.05) is 18.0 Å². The zero-order chi connectivity index (χ0) is 18.5. The summed E-state index contributed by atoms with van der Waals surface area (Å²) in [6, 6.07) is 0. The molecule has 1 N–H and O–H groups in total. The molecule has 0 radical (unpaired) electrons. The molecule has 1 aliphatic rings. The van der Waals surface area contributed by atoms with Crippen LogP contribution in [0.2, 0.25) is 0 Å². The van der Waals surface area contributed by atoms with Gasteiger partial charge in [-0.25, -0.2) is 19.6 Å². The predicted octanol–water partition coefficient (Wildman–Crippen LogP) is 0.267. The average molecular weight is 357 g/mol.